The maximum absolute atomic E-state index is 5.96. The van der Waals surface area contributed by atoms with Gasteiger partial charge in [-0.2, -0.15) is 11.3 Å². The highest BCUT2D eigenvalue weighted by atomic mass is 35.5. The first-order chi connectivity index (χ1) is 7.25. The molecule has 5 heteroatoms. The summed E-state index contributed by atoms with van der Waals surface area (Å²) in [5, 5.41) is 8.35. The number of nitrogens with zero attached hydrogens (tertiary/aromatic N) is 1. The summed E-state index contributed by atoms with van der Waals surface area (Å²) >= 11 is 13.4. The number of pyridine rings is 1. The topological polar surface area (TPSA) is 24.9 Å². The number of nitrogens with one attached hydrogen (secondary N) is 1. The van der Waals surface area contributed by atoms with Gasteiger partial charge in [-0.25, -0.2) is 4.98 Å². The first kappa shape index (κ1) is 10.7. The van der Waals surface area contributed by atoms with Gasteiger partial charge in [0.15, 0.2) is 0 Å². The first-order valence-corrected chi connectivity index (χ1v) is 6.01. The highest BCUT2D eigenvalue weighted by Gasteiger charge is 2.02. The molecule has 2 heterocycles. The van der Waals surface area contributed by atoms with Gasteiger partial charge in [0, 0.05) is 12.7 Å². The van der Waals surface area contributed by atoms with E-state index in [1.54, 1.807) is 23.6 Å². The molecule has 0 radical (unpaired) electrons. The Kier molecular flexibility index (Phi) is 3.46. The van der Waals surface area contributed by atoms with Crippen molar-refractivity contribution in [3.8, 4) is 0 Å². The van der Waals surface area contributed by atoms with E-state index in [9.17, 15) is 0 Å². The van der Waals surface area contributed by atoms with E-state index in [-0.39, 0.29) is 0 Å². The second-order valence-corrected chi connectivity index (χ2v) is 4.59. The number of thiophene rings is 1. The van der Waals surface area contributed by atoms with E-state index in [1.807, 2.05) is 5.38 Å². The fourth-order valence-corrected chi connectivity index (χ4v) is 2.24. The van der Waals surface area contributed by atoms with E-state index >= 15 is 0 Å². The lowest BCUT2D eigenvalue weighted by Gasteiger charge is -2.05. The van der Waals surface area contributed by atoms with Crippen LogP contribution < -0.4 is 5.32 Å². The van der Waals surface area contributed by atoms with Gasteiger partial charge in [0.2, 0.25) is 0 Å². The summed E-state index contributed by atoms with van der Waals surface area (Å²) in [5.74, 6) is 0.660. The number of aromatic nitrogens is 1. The van der Waals surface area contributed by atoms with Crippen molar-refractivity contribution >= 4 is 40.4 Å². The van der Waals surface area contributed by atoms with Gasteiger partial charge in [-0.3, -0.25) is 0 Å². The molecule has 0 fully saturated rings. The minimum atomic E-state index is 0.540. The van der Waals surface area contributed by atoms with Crippen LogP contribution >= 0.6 is 34.5 Å². The Morgan fingerprint density at radius 3 is 2.93 bits per heavy atom. The fraction of sp³-hybridized carbons (Fsp3) is 0.100. The molecule has 0 bridgehead atoms. The van der Waals surface area contributed by atoms with Crippen molar-refractivity contribution in [2.75, 3.05) is 5.32 Å². The molecule has 2 aromatic rings. The zero-order chi connectivity index (χ0) is 10.7. The largest absolute Gasteiger partial charge is 0.365 e. The molecule has 0 saturated heterocycles. The van der Waals surface area contributed by atoms with Crippen LogP contribution in [0.1, 0.15) is 5.56 Å². The van der Waals surface area contributed by atoms with Crippen molar-refractivity contribution in [3.05, 3.63) is 44.7 Å². The third kappa shape index (κ3) is 2.84. The summed E-state index contributed by atoms with van der Waals surface area (Å²) in [6, 6.07) is 3.73. The van der Waals surface area contributed by atoms with Gasteiger partial charge in [-0.15, -0.1) is 0 Å². The van der Waals surface area contributed by atoms with Crippen LogP contribution in [0.15, 0.2) is 29.1 Å². The second-order valence-electron chi connectivity index (χ2n) is 2.97. The average molecular weight is 259 g/mol. The summed E-state index contributed by atoms with van der Waals surface area (Å²) in [6.07, 6.45) is 1.57. The van der Waals surface area contributed by atoms with Crippen LogP contribution in [0.4, 0.5) is 5.82 Å². The van der Waals surface area contributed by atoms with Crippen molar-refractivity contribution in [2.24, 2.45) is 0 Å². The molecular weight excluding hydrogens is 251 g/mol. The van der Waals surface area contributed by atoms with Gasteiger partial charge < -0.3 is 5.32 Å². The third-order valence-electron chi connectivity index (χ3n) is 1.85. The average Bonchev–Trinajstić information content (AvgIpc) is 2.69. The van der Waals surface area contributed by atoms with Gasteiger partial charge >= 0.3 is 0 Å². The molecule has 0 spiro atoms. The zero-order valence-corrected chi connectivity index (χ0v) is 10.0. The lowest BCUT2D eigenvalue weighted by Crippen LogP contribution is -2.00. The standard InChI is InChI=1S/C10H8Cl2N2S/c11-8-3-9(12)10(14-5-8)13-4-7-1-2-15-6-7/h1-3,5-6H,4H2,(H,13,14). The number of rotatable bonds is 3. The summed E-state index contributed by atoms with van der Waals surface area (Å²) in [4.78, 5) is 4.11. The molecule has 0 aliphatic carbocycles. The quantitative estimate of drug-likeness (QED) is 0.898. The van der Waals surface area contributed by atoms with Crippen molar-refractivity contribution in [1.29, 1.82) is 0 Å². The highest BCUT2D eigenvalue weighted by molar-refractivity contribution is 7.07. The molecule has 2 nitrogen and oxygen atoms in total. The van der Waals surface area contributed by atoms with E-state index in [1.165, 1.54) is 5.56 Å². The van der Waals surface area contributed by atoms with Crippen molar-refractivity contribution in [1.82, 2.24) is 4.98 Å². The van der Waals surface area contributed by atoms with E-state index in [4.69, 9.17) is 23.2 Å². The molecule has 0 amide bonds. The molecule has 0 aliphatic heterocycles. The molecule has 15 heavy (non-hydrogen) atoms. The molecule has 2 aromatic heterocycles. The lowest BCUT2D eigenvalue weighted by molar-refractivity contribution is 1.12. The molecular formula is C10H8Cl2N2S. The van der Waals surface area contributed by atoms with Crippen LogP contribution in [-0.2, 0) is 6.54 Å². The summed E-state index contributed by atoms with van der Waals surface area (Å²) in [5.41, 5.74) is 1.22. The second kappa shape index (κ2) is 4.84. The normalized spacial score (nSPS) is 10.3. The Labute approximate surface area is 102 Å². The van der Waals surface area contributed by atoms with Gasteiger partial charge in [0.1, 0.15) is 5.82 Å². The molecule has 0 unspecified atom stereocenters. The van der Waals surface area contributed by atoms with E-state index in [0.717, 1.165) is 6.54 Å². The van der Waals surface area contributed by atoms with Crippen LogP contribution in [0.2, 0.25) is 10.0 Å². The van der Waals surface area contributed by atoms with Crippen LogP contribution in [0, 0.1) is 0 Å². The van der Waals surface area contributed by atoms with Crippen molar-refractivity contribution in [3.63, 3.8) is 0 Å². The molecule has 78 valence electrons. The van der Waals surface area contributed by atoms with Crippen LogP contribution in [0.25, 0.3) is 0 Å². The summed E-state index contributed by atoms with van der Waals surface area (Å²) in [7, 11) is 0. The van der Waals surface area contributed by atoms with E-state index < -0.39 is 0 Å². The van der Waals surface area contributed by atoms with Crippen LogP contribution in [0.3, 0.4) is 0 Å². The minimum absolute atomic E-state index is 0.540. The smallest absolute Gasteiger partial charge is 0.145 e. The molecule has 0 aliphatic rings. The Hall–Kier alpha value is -0.770. The van der Waals surface area contributed by atoms with Gasteiger partial charge in [-0.05, 0) is 28.5 Å². The molecule has 0 atom stereocenters. The predicted octanol–water partition coefficient (Wildman–Crippen LogP) is 4.06. The third-order valence-corrected chi connectivity index (χ3v) is 3.07. The van der Waals surface area contributed by atoms with Crippen molar-refractivity contribution in [2.45, 2.75) is 6.54 Å². The Morgan fingerprint density at radius 1 is 1.40 bits per heavy atom. The van der Waals surface area contributed by atoms with Gasteiger partial charge in [0.05, 0.1) is 10.0 Å². The SMILES string of the molecule is Clc1cnc(NCc2ccsc2)c(Cl)c1. The number of hydrogen-bond acceptors (Lipinski definition) is 3. The maximum Gasteiger partial charge on any atom is 0.145 e. The zero-order valence-electron chi connectivity index (χ0n) is 7.71. The fourth-order valence-electron chi connectivity index (χ4n) is 1.12. The lowest BCUT2D eigenvalue weighted by atomic mass is 10.3. The van der Waals surface area contributed by atoms with E-state index in [0.29, 0.717) is 15.9 Å². The highest BCUT2D eigenvalue weighted by Crippen LogP contribution is 2.23. The number of anilines is 1. The number of hydrogen-bond donors (Lipinski definition) is 1. The van der Waals surface area contributed by atoms with Crippen LogP contribution in [0.5, 0.6) is 0 Å². The molecule has 0 saturated carbocycles. The predicted molar refractivity (Wildman–Crippen MR) is 65.9 cm³/mol. The maximum atomic E-state index is 5.96. The first-order valence-electron chi connectivity index (χ1n) is 4.31. The van der Waals surface area contributed by atoms with Crippen LogP contribution in [-0.4, -0.2) is 4.98 Å². The molecule has 0 aromatic carbocycles. The molecule has 1 N–H and O–H groups in total. The molecule has 2 rings (SSSR count). The summed E-state index contributed by atoms with van der Waals surface area (Å²) in [6.45, 7) is 0.720. The number of halogens is 2. The van der Waals surface area contributed by atoms with Crippen molar-refractivity contribution < 1.29 is 0 Å². The van der Waals surface area contributed by atoms with Gasteiger partial charge in [0.25, 0.3) is 0 Å². The van der Waals surface area contributed by atoms with E-state index in [2.05, 4.69) is 21.7 Å². The Morgan fingerprint density at radius 2 is 2.27 bits per heavy atom. The Bertz CT molecular complexity index is 443. The van der Waals surface area contributed by atoms with Gasteiger partial charge in [-0.1, -0.05) is 23.2 Å². The Balaban J connectivity index is 2.05. The summed E-state index contributed by atoms with van der Waals surface area (Å²) < 4.78 is 0. The minimum Gasteiger partial charge on any atom is -0.365 e. The monoisotopic (exact) mass is 258 g/mol.